The molecule has 1 heterocycles. The van der Waals surface area contributed by atoms with E-state index in [-0.39, 0.29) is 42.5 Å². The fourth-order valence-corrected chi connectivity index (χ4v) is 6.45. The van der Waals surface area contributed by atoms with Crippen LogP contribution in [0, 0.1) is 0 Å². The maximum atomic E-state index is 12.5. The van der Waals surface area contributed by atoms with Gasteiger partial charge in [0.25, 0.3) is 10.0 Å². The van der Waals surface area contributed by atoms with E-state index in [9.17, 15) is 18.3 Å². The number of thiophene rings is 1. The highest BCUT2D eigenvalue weighted by molar-refractivity contribution is 9.10. The topological polar surface area (TPSA) is 102 Å². The molecule has 12 heteroatoms. The van der Waals surface area contributed by atoms with Crippen LogP contribution in [-0.2, 0) is 19.5 Å². The molecular formula is C14H12BrCl2NO6S2. The SMILES string of the molecule is COCCOC(=O)c1ccc(NS(=O)(=O)c2c(Cl)sc(Cl)c2Br)cc1O. The van der Waals surface area contributed by atoms with Crippen molar-refractivity contribution in [3.63, 3.8) is 0 Å². The van der Waals surface area contributed by atoms with Crippen molar-refractivity contribution in [1.82, 2.24) is 0 Å². The minimum atomic E-state index is -4.07. The van der Waals surface area contributed by atoms with Crippen molar-refractivity contribution < 1.29 is 27.8 Å². The lowest BCUT2D eigenvalue weighted by Crippen LogP contribution is -2.14. The smallest absolute Gasteiger partial charge is 0.341 e. The van der Waals surface area contributed by atoms with Gasteiger partial charge in [0.05, 0.1) is 16.8 Å². The molecule has 0 spiro atoms. The summed E-state index contributed by atoms with van der Waals surface area (Å²) < 4.78 is 37.2. The average Bonchev–Trinajstić information content (AvgIpc) is 2.80. The first-order chi connectivity index (χ1) is 12.2. The monoisotopic (exact) mass is 503 g/mol. The molecule has 0 bridgehead atoms. The molecule has 0 aliphatic rings. The van der Waals surface area contributed by atoms with E-state index in [0.29, 0.717) is 0 Å². The maximum absolute atomic E-state index is 12.5. The third kappa shape index (κ3) is 4.81. The molecule has 1 aromatic heterocycles. The predicted octanol–water partition coefficient (Wildman–Crippen LogP) is 4.13. The van der Waals surface area contributed by atoms with Crippen LogP contribution in [0.15, 0.2) is 27.6 Å². The quantitative estimate of drug-likeness (QED) is 0.434. The summed E-state index contributed by atoms with van der Waals surface area (Å²) >= 11 is 15.8. The molecule has 0 unspecified atom stereocenters. The highest BCUT2D eigenvalue weighted by atomic mass is 79.9. The summed E-state index contributed by atoms with van der Waals surface area (Å²) in [5.41, 5.74) is -0.0805. The molecule has 2 rings (SSSR count). The Hall–Kier alpha value is -1.04. The number of rotatable bonds is 7. The van der Waals surface area contributed by atoms with Gasteiger partial charge in [-0.05, 0) is 28.1 Å². The Bertz CT molecular complexity index is 932. The minimum absolute atomic E-state index is 0.0167. The minimum Gasteiger partial charge on any atom is -0.507 e. The van der Waals surface area contributed by atoms with Gasteiger partial charge in [-0.15, -0.1) is 11.3 Å². The van der Waals surface area contributed by atoms with Crippen molar-refractivity contribution >= 4 is 72.1 Å². The number of hydrogen-bond donors (Lipinski definition) is 2. The Balaban J connectivity index is 2.23. The first-order valence-corrected chi connectivity index (χ1v) is 10.7. The molecule has 2 aromatic rings. The van der Waals surface area contributed by atoms with Crippen LogP contribution in [0.5, 0.6) is 5.75 Å². The van der Waals surface area contributed by atoms with Crippen LogP contribution in [0.25, 0.3) is 0 Å². The molecule has 142 valence electrons. The van der Waals surface area contributed by atoms with E-state index in [1.807, 2.05) is 0 Å². The number of benzene rings is 1. The molecule has 0 aliphatic heterocycles. The number of phenolic OH excluding ortho intramolecular Hbond substituents is 1. The summed E-state index contributed by atoms with van der Waals surface area (Å²) in [5.74, 6) is -1.20. The number of anilines is 1. The second-order valence-corrected chi connectivity index (χ2v) is 9.40. The summed E-state index contributed by atoms with van der Waals surface area (Å²) in [4.78, 5) is 11.6. The van der Waals surface area contributed by atoms with E-state index in [2.05, 4.69) is 20.7 Å². The number of carbonyl (C=O) groups excluding carboxylic acids is 1. The first-order valence-electron chi connectivity index (χ1n) is 6.82. The van der Waals surface area contributed by atoms with Gasteiger partial charge in [-0.3, -0.25) is 4.72 Å². The van der Waals surface area contributed by atoms with Crippen LogP contribution in [0.2, 0.25) is 8.67 Å². The molecule has 1 aromatic carbocycles. The van der Waals surface area contributed by atoms with Gasteiger partial charge in [0, 0.05) is 13.2 Å². The third-order valence-corrected chi connectivity index (χ3v) is 7.83. The largest absolute Gasteiger partial charge is 0.507 e. The molecule has 0 radical (unpaired) electrons. The van der Waals surface area contributed by atoms with Gasteiger partial charge in [-0.2, -0.15) is 0 Å². The average molecular weight is 505 g/mol. The van der Waals surface area contributed by atoms with Gasteiger partial charge in [0.2, 0.25) is 0 Å². The summed E-state index contributed by atoms with van der Waals surface area (Å²) in [6.45, 7) is 0.234. The molecule has 0 amide bonds. The predicted molar refractivity (Wildman–Crippen MR) is 103 cm³/mol. The molecule has 26 heavy (non-hydrogen) atoms. The number of halogens is 3. The number of esters is 1. The lowest BCUT2D eigenvalue weighted by Gasteiger charge is -2.10. The van der Waals surface area contributed by atoms with Crippen LogP contribution in [0.3, 0.4) is 0 Å². The van der Waals surface area contributed by atoms with Crippen LogP contribution in [0.4, 0.5) is 5.69 Å². The molecule has 0 aliphatic carbocycles. The molecule has 2 N–H and O–H groups in total. The normalized spacial score (nSPS) is 11.4. The lowest BCUT2D eigenvalue weighted by molar-refractivity contribution is 0.0385. The molecule has 7 nitrogen and oxygen atoms in total. The number of ether oxygens (including phenoxy) is 2. The Morgan fingerprint density at radius 3 is 2.54 bits per heavy atom. The number of carbonyl (C=O) groups is 1. The van der Waals surface area contributed by atoms with Crippen molar-refractivity contribution in [2.24, 2.45) is 0 Å². The molecule has 0 atom stereocenters. The Labute approximate surface area is 172 Å². The van der Waals surface area contributed by atoms with Gasteiger partial charge in [0.15, 0.2) is 0 Å². The second kappa shape index (κ2) is 8.77. The van der Waals surface area contributed by atoms with Crippen LogP contribution < -0.4 is 4.72 Å². The first kappa shape index (κ1) is 21.3. The number of aromatic hydroxyl groups is 1. The molecule has 0 fully saturated rings. The summed E-state index contributed by atoms with van der Waals surface area (Å²) in [6.07, 6.45) is 0. The lowest BCUT2D eigenvalue weighted by atomic mass is 10.2. The zero-order valence-corrected chi connectivity index (χ0v) is 17.8. The fourth-order valence-electron chi connectivity index (χ4n) is 1.84. The number of methoxy groups -OCH3 is 1. The number of sulfonamides is 1. The van der Waals surface area contributed by atoms with Gasteiger partial charge in [0.1, 0.15) is 31.5 Å². The zero-order valence-electron chi connectivity index (χ0n) is 13.1. The number of hydrogen-bond acceptors (Lipinski definition) is 7. The van der Waals surface area contributed by atoms with E-state index in [1.165, 1.54) is 19.2 Å². The van der Waals surface area contributed by atoms with Gasteiger partial charge >= 0.3 is 5.97 Å². The second-order valence-electron chi connectivity index (χ2n) is 4.76. The van der Waals surface area contributed by atoms with E-state index < -0.39 is 21.7 Å². The van der Waals surface area contributed by atoms with E-state index in [0.717, 1.165) is 17.4 Å². The van der Waals surface area contributed by atoms with Gasteiger partial charge in [-0.1, -0.05) is 23.2 Å². The zero-order chi connectivity index (χ0) is 19.5. The molecule has 0 saturated heterocycles. The fraction of sp³-hybridized carbons (Fsp3) is 0.214. The van der Waals surface area contributed by atoms with Gasteiger partial charge in [-0.25, -0.2) is 13.2 Å². The maximum Gasteiger partial charge on any atom is 0.341 e. The van der Waals surface area contributed by atoms with E-state index in [1.54, 1.807) is 0 Å². The highest BCUT2D eigenvalue weighted by Gasteiger charge is 2.27. The molecule has 0 saturated carbocycles. The summed E-state index contributed by atoms with van der Waals surface area (Å²) in [6, 6.07) is 3.62. The highest BCUT2D eigenvalue weighted by Crippen LogP contribution is 2.43. The van der Waals surface area contributed by atoms with Crippen molar-refractivity contribution in [2.75, 3.05) is 25.0 Å². The van der Waals surface area contributed by atoms with Crippen LogP contribution in [-0.4, -0.2) is 39.8 Å². The van der Waals surface area contributed by atoms with Crippen molar-refractivity contribution in [1.29, 1.82) is 0 Å². The number of phenols is 1. The van der Waals surface area contributed by atoms with Crippen molar-refractivity contribution in [3.8, 4) is 5.75 Å². The van der Waals surface area contributed by atoms with Crippen LogP contribution >= 0.6 is 50.5 Å². The summed E-state index contributed by atoms with van der Waals surface area (Å²) in [7, 11) is -2.61. The van der Waals surface area contributed by atoms with E-state index >= 15 is 0 Å². The van der Waals surface area contributed by atoms with Crippen molar-refractivity contribution in [3.05, 3.63) is 36.9 Å². The van der Waals surface area contributed by atoms with Gasteiger partial charge < -0.3 is 14.6 Å². The Kier molecular flexibility index (Phi) is 7.17. The Morgan fingerprint density at radius 2 is 2.00 bits per heavy atom. The van der Waals surface area contributed by atoms with Crippen molar-refractivity contribution in [2.45, 2.75) is 4.90 Å². The summed E-state index contributed by atoms with van der Waals surface area (Å²) in [5, 5.41) is 9.98. The Morgan fingerprint density at radius 1 is 1.31 bits per heavy atom. The van der Waals surface area contributed by atoms with Crippen LogP contribution in [0.1, 0.15) is 10.4 Å². The third-order valence-electron chi connectivity index (χ3n) is 2.99. The van der Waals surface area contributed by atoms with E-state index in [4.69, 9.17) is 32.7 Å². The molecular weight excluding hydrogens is 493 g/mol. The standard InChI is InChI=1S/C14H12BrCl2NO6S2/c1-23-4-5-24-14(20)8-3-2-7(6-9(8)19)18-26(21,22)11-10(15)12(16)25-13(11)17/h2-3,6,18-19H,4-5H2,1H3. The number of nitrogens with one attached hydrogen (secondary N) is 1.